The zero-order chi connectivity index (χ0) is 15.4. The van der Waals surface area contributed by atoms with E-state index in [9.17, 15) is 9.59 Å². The average Bonchev–Trinajstić information content (AvgIpc) is 2.46. The first-order valence-corrected chi connectivity index (χ1v) is 6.50. The van der Waals surface area contributed by atoms with Crippen LogP contribution in [0.15, 0.2) is 36.7 Å². The largest absolute Gasteiger partial charge is 0.480 e. The van der Waals surface area contributed by atoms with E-state index in [1.165, 1.54) is 12.4 Å². The lowest BCUT2D eigenvalue weighted by atomic mass is 10.2. The molecule has 21 heavy (non-hydrogen) atoms. The Hall–Kier alpha value is -2.18. The third-order valence-corrected chi connectivity index (χ3v) is 2.96. The number of hydrogen-bond acceptors (Lipinski definition) is 4. The molecule has 1 amide bonds. The predicted molar refractivity (Wildman–Crippen MR) is 77.8 cm³/mol. The average molecular weight is 326 g/mol. The Balaban J connectivity index is 2.35. The van der Waals surface area contributed by atoms with E-state index in [4.69, 9.17) is 28.3 Å². The smallest absolute Gasteiger partial charge is 0.323 e. The number of carbonyl (C=O) groups excluding carboxylic acids is 1. The highest BCUT2D eigenvalue weighted by atomic mass is 35.5. The van der Waals surface area contributed by atoms with Gasteiger partial charge in [-0.25, -0.2) is 9.97 Å². The highest BCUT2D eigenvalue weighted by Gasteiger charge is 2.21. The van der Waals surface area contributed by atoms with Crippen molar-refractivity contribution in [2.45, 2.75) is 0 Å². The first-order valence-electron chi connectivity index (χ1n) is 5.74. The number of anilines is 1. The van der Waals surface area contributed by atoms with Crippen molar-refractivity contribution in [2.75, 3.05) is 11.4 Å². The molecule has 0 saturated carbocycles. The Bertz CT molecular complexity index is 659. The number of nitrogens with zero attached hydrogens (tertiary/aromatic N) is 3. The van der Waals surface area contributed by atoms with Gasteiger partial charge >= 0.3 is 5.97 Å². The molecule has 0 aliphatic heterocycles. The van der Waals surface area contributed by atoms with Crippen LogP contribution in [0.1, 0.15) is 10.5 Å². The Morgan fingerprint density at radius 1 is 1.10 bits per heavy atom. The van der Waals surface area contributed by atoms with Crippen LogP contribution in [0, 0.1) is 0 Å². The van der Waals surface area contributed by atoms with Crippen LogP contribution < -0.4 is 4.90 Å². The molecule has 108 valence electrons. The number of halogens is 2. The summed E-state index contributed by atoms with van der Waals surface area (Å²) in [5, 5.41) is 9.58. The second-order valence-electron chi connectivity index (χ2n) is 3.99. The Morgan fingerprint density at radius 3 is 2.29 bits per heavy atom. The molecule has 0 bridgehead atoms. The fourth-order valence-corrected chi connectivity index (χ4v) is 1.82. The van der Waals surface area contributed by atoms with Gasteiger partial charge in [-0.05, 0) is 24.3 Å². The number of aliphatic carboxylic acids is 1. The summed E-state index contributed by atoms with van der Waals surface area (Å²) >= 11 is 11.4. The molecule has 1 heterocycles. The van der Waals surface area contributed by atoms with Gasteiger partial charge < -0.3 is 5.11 Å². The van der Waals surface area contributed by atoms with E-state index >= 15 is 0 Å². The molecule has 0 atom stereocenters. The molecule has 0 spiro atoms. The van der Waals surface area contributed by atoms with Crippen molar-refractivity contribution in [2.24, 2.45) is 0 Å². The fraction of sp³-hybridized carbons (Fsp3) is 0.0769. The highest BCUT2D eigenvalue weighted by molar-refractivity contribution is 6.30. The Morgan fingerprint density at radius 2 is 1.76 bits per heavy atom. The number of carboxylic acids is 1. The molecule has 1 aromatic heterocycles. The van der Waals surface area contributed by atoms with Crippen LogP contribution in [0.2, 0.25) is 10.2 Å². The normalized spacial score (nSPS) is 10.2. The predicted octanol–water partition coefficient (Wildman–Crippen LogP) is 2.51. The minimum absolute atomic E-state index is 0.00407. The molecule has 2 aromatic rings. The van der Waals surface area contributed by atoms with Crippen LogP contribution in [0.4, 0.5) is 5.69 Å². The number of rotatable bonds is 4. The summed E-state index contributed by atoms with van der Waals surface area (Å²) in [6.07, 6.45) is 2.41. The summed E-state index contributed by atoms with van der Waals surface area (Å²) in [5.74, 6) is -1.75. The van der Waals surface area contributed by atoms with Gasteiger partial charge in [-0.15, -0.1) is 0 Å². The number of amides is 1. The SMILES string of the molecule is O=C(O)CN(C(=O)c1cnc(Cl)cn1)c1ccc(Cl)cc1. The summed E-state index contributed by atoms with van der Waals surface area (Å²) in [6.45, 7) is -0.509. The number of aromatic nitrogens is 2. The van der Waals surface area contributed by atoms with Crippen molar-refractivity contribution >= 4 is 40.8 Å². The molecule has 0 aliphatic rings. The molecule has 0 unspecified atom stereocenters. The van der Waals surface area contributed by atoms with Gasteiger partial charge in [0.05, 0.1) is 12.4 Å². The topological polar surface area (TPSA) is 83.4 Å². The van der Waals surface area contributed by atoms with Crippen LogP contribution in [0.5, 0.6) is 0 Å². The van der Waals surface area contributed by atoms with Gasteiger partial charge in [0, 0.05) is 10.7 Å². The van der Waals surface area contributed by atoms with E-state index in [-0.39, 0.29) is 10.8 Å². The van der Waals surface area contributed by atoms with E-state index in [0.29, 0.717) is 10.7 Å². The third kappa shape index (κ3) is 3.90. The number of hydrogen-bond donors (Lipinski definition) is 1. The van der Waals surface area contributed by atoms with Crippen molar-refractivity contribution < 1.29 is 14.7 Å². The zero-order valence-electron chi connectivity index (χ0n) is 10.5. The summed E-state index contributed by atoms with van der Waals surface area (Å²) in [5.41, 5.74) is 0.388. The van der Waals surface area contributed by atoms with Crippen LogP contribution in [0.3, 0.4) is 0 Å². The second kappa shape index (κ2) is 6.51. The Kier molecular flexibility index (Phi) is 4.72. The van der Waals surface area contributed by atoms with Gasteiger partial charge in [-0.3, -0.25) is 14.5 Å². The minimum atomic E-state index is -1.15. The second-order valence-corrected chi connectivity index (χ2v) is 4.81. The molecule has 6 nitrogen and oxygen atoms in total. The summed E-state index contributed by atoms with van der Waals surface area (Å²) in [4.78, 5) is 32.0. The molecule has 1 aromatic carbocycles. The van der Waals surface area contributed by atoms with Crippen molar-refractivity contribution in [3.8, 4) is 0 Å². The van der Waals surface area contributed by atoms with Gasteiger partial charge in [-0.2, -0.15) is 0 Å². The van der Waals surface area contributed by atoms with Crippen LogP contribution in [-0.4, -0.2) is 33.5 Å². The number of carbonyl (C=O) groups is 2. The van der Waals surface area contributed by atoms with Crippen LogP contribution >= 0.6 is 23.2 Å². The van der Waals surface area contributed by atoms with E-state index in [1.807, 2.05) is 0 Å². The highest BCUT2D eigenvalue weighted by Crippen LogP contribution is 2.19. The quantitative estimate of drug-likeness (QED) is 0.933. The van der Waals surface area contributed by atoms with Gasteiger partial charge in [0.2, 0.25) is 0 Å². The molecular weight excluding hydrogens is 317 g/mol. The van der Waals surface area contributed by atoms with Gasteiger partial charge in [0.25, 0.3) is 5.91 Å². The van der Waals surface area contributed by atoms with E-state index in [1.54, 1.807) is 24.3 Å². The molecule has 0 radical (unpaired) electrons. The van der Waals surface area contributed by atoms with E-state index in [2.05, 4.69) is 9.97 Å². The number of benzene rings is 1. The first kappa shape index (κ1) is 15.2. The summed E-state index contributed by atoms with van der Waals surface area (Å²) in [7, 11) is 0. The van der Waals surface area contributed by atoms with E-state index in [0.717, 1.165) is 4.90 Å². The van der Waals surface area contributed by atoms with Crippen molar-refractivity contribution in [3.05, 3.63) is 52.5 Å². The van der Waals surface area contributed by atoms with Gasteiger partial charge in [0.15, 0.2) is 0 Å². The lowest BCUT2D eigenvalue weighted by Gasteiger charge is -2.20. The maximum atomic E-state index is 12.4. The lowest BCUT2D eigenvalue weighted by molar-refractivity contribution is -0.135. The molecular formula is C13H9Cl2N3O3. The first-order chi connectivity index (χ1) is 9.97. The van der Waals surface area contributed by atoms with Crippen LogP contribution in [-0.2, 0) is 4.79 Å². The maximum absolute atomic E-state index is 12.4. The van der Waals surface area contributed by atoms with Gasteiger partial charge in [0.1, 0.15) is 17.4 Å². The summed E-state index contributed by atoms with van der Waals surface area (Å²) < 4.78 is 0. The number of carboxylic acid groups (broad SMARTS) is 1. The van der Waals surface area contributed by atoms with E-state index < -0.39 is 18.4 Å². The monoisotopic (exact) mass is 325 g/mol. The molecule has 0 aliphatic carbocycles. The van der Waals surface area contributed by atoms with Crippen molar-refractivity contribution in [3.63, 3.8) is 0 Å². The maximum Gasteiger partial charge on any atom is 0.323 e. The third-order valence-electron chi connectivity index (χ3n) is 2.52. The van der Waals surface area contributed by atoms with Crippen LogP contribution in [0.25, 0.3) is 0 Å². The minimum Gasteiger partial charge on any atom is -0.480 e. The van der Waals surface area contributed by atoms with Gasteiger partial charge in [-0.1, -0.05) is 23.2 Å². The standard InChI is InChI=1S/C13H9Cl2N3O3/c14-8-1-3-9(4-2-8)18(7-12(19)20)13(21)10-5-17-11(15)6-16-10/h1-6H,7H2,(H,19,20). The molecule has 0 fully saturated rings. The molecule has 2 rings (SSSR count). The molecule has 8 heteroatoms. The lowest BCUT2D eigenvalue weighted by Crippen LogP contribution is -2.36. The fourth-order valence-electron chi connectivity index (χ4n) is 1.60. The molecule has 0 saturated heterocycles. The zero-order valence-corrected chi connectivity index (χ0v) is 12.0. The molecule has 1 N–H and O–H groups in total. The Labute approximate surface area is 130 Å². The van der Waals surface area contributed by atoms with Crippen molar-refractivity contribution in [1.82, 2.24) is 9.97 Å². The summed E-state index contributed by atoms with van der Waals surface area (Å²) in [6, 6.07) is 6.22. The van der Waals surface area contributed by atoms with Crippen molar-refractivity contribution in [1.29, 1.82) is 0 Å².